The lowest BCUT2D eigenvalue weighted by Crippen LogP contribution is -1.80. The van der Waals surface area contributed by atoms with Crippen LogP contribution in [0, 0.1) is 0 Å². The fourth-order valence-electron chi connectivity index (χ4n) is 1.71. The molecule has 0 aliphatic rings. The fourth-order valence-corrected chi connectivity index (χ4v) is 1.71. The smallest absolute Gasteiger partial charge is 0.116 e. The SMILES string of the molecule is Oc1ccc2[nH]c(-c3cncnc3)cc2c1. The average molecular weight is 211 g/mol. The van der Waals surface area contributed by atoms with E-state index in [9.17, 15) is 5.11 Å². The number of fused-ring (bicyclic) bond motifs is 1. The van der Waals surface area contributed by atoms with Gasteiger partial charge in [0, 0.05) is 34.6 Å². The summed E-state index contributed by atoms with van der Waals surface area (Å²) in [6, 6.07) is 7.19. The molecule has 2 heterocycles. The zero-order valence-electron chi connectivity index (χ0n) is 8.38. The molecule has 0 aliphatic heterocycles. The van der Waals surface area contributed by atoms with Crippen LogP contribution >= 0.6 is 0 Å². The molecule has 3 aromatic rings. The van der Waals surface area contributed by atoms with Crippen LogP contribution in [0.15, 0.2) is 43.0 Å². The van der Waals surface area contributed by atoms with E-state index >= 15 is 0 Å². The maximum atomic E-state index is 9.37. The van der Waals surface area contributed by atoms with Gasteiger partial charge < -0.3 is 10.1 Å². The molecule has 0 aliphatic carbocycles. The fraction of sp³-hybridized carbons (Fsp3) is 0. The largest absolute Gasteiger partial charge is 0.508 e. The van der Waals surface area contributed by atoms with Gasteiger partial charge in [-0.05, 0) is 24.3 Å². The zero-order chi connectivity index (χ0) is 11.0. The minimum atomic E-state index is 0.266. The maximum Gasteiger partial charge on any atom is 0.116 e. The first-order valence-corrected chi connectivity index (χ1v) is 4.90. The molecular weight excluding hydrogens is 202 g/mol. The van der Waals surface area contributed by atoms with Crippen LogP contribution in [0.25, 0.3) is 22.2 Å². The van der Waals surface area contributed by atoms with Crippen LogP contribution in [0.2, 0.25) is 0 Å². The summed E-state index contributed by atoms with van der Waals surface area (Å²) in [5.74, 6) is 0.266. The molecule has 2 N–H and O–H groups in total. The second kappa shape index (κ2) is 3.34. The van der Waals surface area contributed by atoms with E-state index in [-0.39, 0.29) is 5.75 Å². The van der Waals surface area contributed by atoms with Crippen LogP contribution in [0.4, 0.5) is 0 Å². The summed E-state index contributed by atoms with van der Waals surface area (Å²) in [4.78, 5) is 11.2. The first-order chi connectivity index (χ1) is 7.83. The van der Waals surface area contributed by atoms with E-state index in [1.165, 1.54) is 6.33 Å². The number of hydrogen-bond donors (Lipinski definition) is 2. The van der Waals surface area contributed by atoms with Crippen molar-refractivity contribution in [2.75, 3.05) is 0 Å². The lowest BCUT2D eigenvalue weighted by Gasteiger charge is -1.93. The number of nitrogens with zero attached hydrogens (tertiary/aromatic N) is 2. The van der Waals surface area contributed by atoms with Crippen molar-refractivity contribution in [1.82, 2.24) is 15.0 Å². The van der Waals surface area contributed by atoms with Crippen molar-refractivity contribution in [1.29, 1.82) is 0 Å². The Morgan fingerprint density at radius 1 is 1.06 bits per heavy atom. The third-order valence-corrected chi connectivity index (χ3v) is 2.48. The lowest BCUT2D eigenvalue weighted by atomic mass is 10.2. The number of H-pyrrole nitrogens is 1. The Morgan fingerprint density at radius 3 is 2.69 bits per heavy atom. The van der Waals surface area contributed by atoms with E-state index in [4.69, 9.17) is 0 Å². The van der Waals surface area contributed by atoms with Crippen molar-refractivity contribution in [2.45, 2.75) is 0 Å². The predicted octanol–water partition coefficient (Wildman–Crippen LogP) is 2.33. The Balaban J connectivity index is 2.19. The summed E-state index contributed by atoms with van der Waals surface area (Å²) in [5, 5.41) is 10.3. The van der Waals surface area contributed by atoms with Crippen molar-refractivity contribution in [3.05, 3.63) is 43.0 Å². The number of aromatic hydroxyl groups is 1. The van der Waals surface area contributed by atoms with Gasteiger partial charge >= 0.3 is 0 Å². The maximum absolute atomic E-state index is 9.37. The molecule has 0 radical (unpaired) electrons. The number of phenols is 1. The van der Waals surface area contributed by atoms with Crippen LogP contribution in [-0.2, 0) is 0 Å². The molecule has 0 unspecified atom stereocenters. The van der Waals surface area contributed by atoms with Gasteiger partial charge in [0.15, 0.2) is 0 Å². The van der Waals surface area contributed by atoms with Crippen molar-refractivity contribution in [3.8, 4) is 17.0 Å². The molecule has 0 bridgehead atoms. The zero-order valence-corrected chi connectivity index (χ0v) is 8.38. The molecule has 4 nitrogen and oxygen atoms in total. The first-order valence-electron chi connectivity index (χ1n) is 4.90. The average Bonchev–Trinajstić information content (AvgIpc) is 2.73. The summed E-state index contributed by atoms with van der Waals surface area (Å²) in [6.45, 7) is 0. The third-order valence-electron chi connectivity index (χ3n) is 2.48. The molecule has 3 rings (SSSR count). The molecule has 4 heteroatoms. The van der Waals surface area contributed by atoms with Gasteiger partial charge in [0.25, 0.3) is 0 Å². The minimum Gasteiger partial charge on any atom is -0.508 e. The first kappa shape index (κ1) is 8.91. The van der Waals surface area contributed by atoms with Crippen molar-refractivity contribution in [3.63, 3.8) is 0 Å². The van der Waals surface area contributed by atoms with E-state index in [0.717, 1.165) is 22.2 Å². The standard InChI is InChI=1S/C12H9N3O/c16-10-1-2-11-8(3-10)4-12(15-11)9-5-13-7-14-6-9/h1-7,15-16H. The number of benzene rings is 1. The molecule has 78 valence electrons. The predicted molar refractivity (Wildman–Crippen MR) is 61.0 cm³/mol. The highest BCUT2D eigenvalue weighted by Gasteiger charge is 2.03. The van der Waals surface area contributed by atoms with Crippen molar-refractivity contribution < 1.29 is 5.11 Å². The number of nitrogens with one attached hydrogen (secondary N) is 1. The molecule has 0 saturated carbocycles. The topological polar surface area (TPSA) is 61.8 Å². The molecule has 0 spiro atoms. The van der Waals surface area contributed by atoms with Crippen LogP contribution in [-0.4, -0.2) is 20.1 Å². The lowest BCUT2D eigenvalue weighted by molar-refractivity contribution is 0.476. The molecule has 0 fully saturated rings. The molecule has 1 aromatic carbocycles. The Hall–Kier alpha value is -2.36. The van der Waals surface area contributed by atoms with Crippen molar-refractivity contribution in [2.24, 2.45) is 0 Å². The summed E-state index contributed by atoms with van der Waals surface area (Å²) in [7, 11) is 0. The van der Waals surface area contributed by atoms with Gasteiger partial charge in [-0.1, -0.05) is 0 Å². The molecular formula is C12H9N3O. The second-order valence-electron chi connectivity index (χ2n) is 3.58. The van der Waals surface area contributed by atoms with E-state index in [2.05, 4.69) is 15.0 Å². The molecule has 0 saturated heterocycles. The van der Waals surface area contributed by atoms with E-state index in [1.807, 2.05) is 12.1 Å². The van der Waals surface area contributed by atoms with E-state index in [1.54, 1.807) is 24.5 Å². The Kier molecular flexibility index (Phi) is 1.86. The van der Waals surface area contributed by atoms with Gasteiger partial charge in [-0.2, -0.15) is 0 Å². The molecule has 16 heavy (non-hydrogen) atoms. The van der Waals surface area contributed by atoms with Crippen molar-refractivity contribution >= 4 is 10.9 Å². The monoisotopic (exact) mass is 211 g/mol. The van der Waals surface area contributed by atoms with Crippen LogP contribution in [0.3, 0.4) is 0 Å². The third kappa shape index (κ3) is 1.40. The highest BCUT2D eigenvalue weighted by molar-refractivity contribution is 5.86. The normalized spacial score (nSPS) is 10.8. The van der Waals surface area contributed by atoms with E-state index < -0.39 is 0 Å². The van der Waals surface area contributed by atoms with Gasteiger partial charge in [0.05, 0.1) is 0 Å². The van der Waals surface area contributed by atoms with Crippen LogP contribution < -0.4 is 0 Å². The van der Waals surface area contributed by atoms with Crippen LogP contribution in [0.1, 0.15) is 0 Å². The van der Waals surface area contributed by atoms with Gasteiger partial charge in [-0.3, -0.25) is 0 Å². The number of rotatable bonds is 1. The Labute approximate surface area is 91.6 Å². The van der Waals surface area contributed by atoms with E-state index in [0.29, 0.717) is 0 Å². The van der Waals surface area contributed by atoms with Gasteiger partial charge in [0.1, 0.15) is 12.1 Å². The highest BCUT2D eigenvalue weighted by Crippen LogP contribution is 2.25. The molecule has 0 amide bonds. The highest BCUT2D eigenvalue weighted by atomic mass is 16.3. The summed E-state index contributed by atoms with van der Waals surface area (Å²) in [5.41, 5.74) is 2.86. The molecule has 0 atom stereocenters. The molecule has 2 aromatic heterocycles. The summed E-state index contributed by atoms with van der Waals surface area (Å²) < 4.78 is 0. The van der Waals surface area contributed by atoms with Crippen LogP contribution in [0.5, 0.6) is 5.75 Å². The number of phenolic OH excluding ortho intramolecular Hbond substituents is 1. The number of aromatic nitrogens is 3. The number of aromatic amines is 1. The van der Waals surface area contributed by atoms with Gasteiger partial charge in [-0.25, -0.2) is 9.97 Å². The van der Waals surface area contributed by atoms with Gasteiger partial charge in [0.2, 0.25) is 0 Å². The number of hydrogen-bond acceptors (Lipinski definition) is 3. The summed E-state index contributed by atoms with van der Waals surface area (Å²) >= 11 is 0. The quantitative estimate of drug-likeness (QED) is 0.649. The Bertz CT molecular complexity index is 631. The second-order valence-corrected chi connectivity index (χ2v) is 3.58. The minimum absolute atomic E-state index is 0.266. The Morgan fingerprint density at radius 2 is 1.88 bits per heavy atom. The van der Waals surface area contributed by atoms with Gasteiger partial charge in [-0.15, -0.1) is 0 Å². The summed E-state index contributed by atoms with van der Waals surface area (Å²) in [6.07, 6.45) is 4.99.